The Kier molecular flexibility index (Phi) is 5.39. The summed E-state index contributed by atoms with van der Waals surface area (Å²) >= 11 is 0. The van der Waals surface area contributed by atoms with Crippen molar-refractivity contribution in [1.82, 2.24) is 4.72 Å². The molecular weight excluding hydrogens is 370 g/mol. The van der Waals surface area contributed by atoms with Crippen molar-refractivity contribution in [3.05, 3.63) is 30.3 Å². The Bertz CT molecular complexity index is 768. The topological polar surface area (TPSA) is 55.4 Å². The largest absolute Gasteiger partial charge is 0.375 e. The van der Waals surface area contributed by atoms with Crippen molar-refractivity contribution in [1.29, 1.82) is 0 Å². The number of ether oxygens (including phenoxy) is 1. The molecule has 0 aliphatic heterocycles. The number of benzene rings is 1. The molecule has 2 unspecified atom stereocenters. The van der Waals surface area contributed by atoms with Crippen LogP contribution in [-0.4, -0.2) is 27.2 Å². The van der Waals surface area contributed by atoms with Crippen molar-refractivity contribution in [2.45, 2.75) is 69.8 Å². The lowest BCUT2D eigenvalue weighted by atomic mass is 9.46. The van der Waals surface area contributed by atoms with E-state index in [0.29, 0.717) is 23.5 Å². The van der Waals surface area contributed by atoms with Gasteiger partial charge < -0.3 is 4.74 Å². The Balaban J connectivity index is 1.28. The van der Waals surface area contributed by atoms with Gasteiger partial charge in [0.05, 0.1) is 10.5 Å². The lowest BCUT2D eigenvalue weighted by Crippen LogP contribution is -2.58. The van der Waals surface area contributed by atoms with Gasteiger partial charge in [-0.05, 0) is 79.7 Å². The van der Waals surface area contributed by atoms with Crippen LogP contribution in [0.5, 0.6) is 0 Å². The van der Waals surface area contributed by atoms with Gasteiger partial charge >= 0.3 is 0 Å². The van der Waals surface area contributed by atoms with Crippen molar-refractivity contribution >= 4 is 10.0 Å². The van der Waals surface area contributed by atoms with Gasteiger partial charge in [0.25, 0.3) is 0 Å². The summed E-state index contributed by atoms with van der Waals surface area (Å²) < 4.78 is 33.8. The van der Waals surface area contributed by atoms with E-state index >= 15 is 0 Å². The third-order valence-electron chi connectivity index (χ3n) is 7.29. The average molecular weight is 406 g/mol. The molecule has 0 aromatic heterocycles. The first-order valence-corrected chi connectivity index (χ1v) is 12.4. The highest BCUT2D eigenvalue weighted by Gasteiger charge is 2.58. The Morgan fingerprint density at radius 3 is 2.32 bits per heavy atom. The zero-order valence-corrected chi connectivity index (χ0v) is 18.3. The summed E-state index contributed by atoms with van der Waals surface area (Å²) in [6, 6.07) is 8.56. The predicted octanol–water partition coefficient (Wildman–Crippen LogP) is 4.61. The molecule has 4 nitrogen and oxygen atoms in total. The van der Waals surface area contributed by atoms with E-state index in [-0.39, 0.29) is 5.60 Å². The number of rotatable bonds is 7. The summed E-state index contributed by atoms with van der Waals surface area (Å²) in [6.45, 7) is 8.29. The van der Waals surface area contributed by atoms with Gasteiger partial charge in [0.15, 0.2) is 0 Å². The first-order chi connectivity index (χ1) is 13.2. The van der Waals surface area contributed by atoms with Crippen LogP contribution in [0.15, 0.2) is 35.2 Å². The Labute approximate surface area is 170 Å². The zero-order chi connectivity index (χ0) is 20.0. The molecule has 4 aliphatic carbocycles. The fourth-order valence-electron chi connectivity index (χ4n) is 6.79. The minimum Gasteiger partial charge on any atom is -0.375 e. The van der Waals surface area contributed by atoms with Gasteiger partial charge in [0.1, 0.15) is 0 Å². The zero-order valence-electron chi connectivity index (χ0n) is 17.5. The molecule has 0 radical (unpaired) electrons. The van der Waals surface area contributed by atoms with Crippen LogP contribution in [-0.2, 0) is 14.8 Å². The molecule has 4 fully saturated rings. The Morgan fingerprint density at radius 1 is 1.07 bits per heavy atom. The Hall–Kier alpha value is -0.910. The predicted molar refractivity (Wildman–Crippen MR) is 111 cm³/mol. The highest BCUT2D eigenvalue weighted by atomic mass is 32.2. The lowest BCUT2D eigenvalue weighted by molar-refractivity contribution is -0.198. The normalized spacial score (nSPS) is 34.7. The summed E-state index contributed by atoms with van der Waals surface area (Å²) in [5, 5.41) is 0. The molecule has 4 aliphatic rings. The second-order valence-corrected chi connectivity index (χ2v) is 12.2. The van der Waals surface area contributed by atoms with Gasteiger partial charge in [-0.2, -0.15) is 0 Å². The van der Waals surface area contributed by atoms with Gasteiger partial charge in [-0.1, -0.05) is 39.0 Å². The summed E-state index contributed by atoms with van der Waals surface area (Å²) in [5.74, 6) is 3.29. The highest BCUT2D eigenvalue weighted by molar-refractivity contribution is 7.89. The molecule has 0 amide bonds. The second-order valence-electron chi connectivity index (χ2n) is 10.5. The maximum atomic E-state index is 12.3. The summed E-state index contributed by atoms with van der Waals surface area (Å²) in [7, 11) is -3.41. The van der Waals surface area contributed by atoms with Crippen LogP contribution < -0.4 is 4.72 Å². The van der Waals surface area contributed by atoms with Gasteiger partial charge in [-0.25, -0.2) is 13.1 Å². The van der Waals surface area contributed by atoms with Crippen molar-refractivity contribution in [3.63, 3.8) is 0 Å². The van der Waals surface area contributed by atoms with Crippen LogP contribution in [0.2, 0.25) is 0 Å². The molecule has 4 saturated carbocycles. The van der Waals surface area contributed by atoms with Gasteiger partial charge in [0, 0.05) is 13.2 Å². The van der Waals surface area contributed by atoms with E-state index in [1.54, 1.807) is 24.3 Å². The molecule has 5 rings (SSSR count). The smallest absolute Gasteiger partial charge is 0.240 e. The summed E-state index contributed by atoms with van der Waals surface area (Å²) in [4.78, 5) is 0.324. The molecule has 0 saturated heterocycles. The molecule has 1 N–H and O–H groups in total. The maximum absolute atomic E-state index is 12.3. The molecule has 28 heavy (non-hydrogen) atoms. The standard InChI is InChI=1S/C23H35NO3S/c1-22(2,3)21-18-12-17-13-19(21)16-23(14-17,15-18)27-11-7-10-24-28(25,26)20-8-5-4-6-9-20/h4-6,8-9,17-19,21,24H,7,10-16H2,1-3H3. The maximum Gasteiger partial charge on any atom is 0.240 e. The van der Waals surface area contributed by atoms with E-state index in [2.05, 4.69) is 25.5 Å². The average Bonchev–Trinajstić information content (AvgIpc) is 2.60. The molecule has 1 aromatic rings. The fraction of sp³-hybridized carbons (Fsp3) is 0.739. The first kappa shape index (κ1) is 20.4. The first-order valence-electron chi connectivity index (χ1n) is 10.9. The molecule has 5 heteroatoms. The number of hydrogen-bond donors (Lipinski definition) is 1. The minimum atomic E-state index is -3.41. The molecule has 1 aromatic carbocycles. The van der Waals surface area contributed by atoms with Crippen molar-refractivity contribution in [2.75, 3.05) is 13.2 Å². The second kappa shape index (κ2) is 7.41. The molecule has 0 spiro atoms. The number of sulfonamides is 1. The van der Waals surface area contributed by atoms with Crippen LogP contribution in [0.3, 0.4) is 0 Å². The van der Waals surface area contributed by atoms with E-state index in [0.717, 1.165) is 30.1 Å². The van der Waals surface area contributed by atoms with E-state index in [4.69, 9.17) is 4.74 Å². The van der Waals surface area contributed by atoms with Crippen LogP contribution in [0.1, 0.15) is 59.3 Å². The van der Waals surface area contributed by atoms with Crippen LogP contribution in [0, 0.1) is 29.1 Å². The molecule has 2 atom stereocenters. The van der Waals surface area contributed by atoms with Crippen LogP contribution >= 0.6 is 0 Å². The number of nitrogens with one attached hydrogen (secondary N) is 1. The van der Waals surface area contributed by atoms with Gasteiger partial charge in [-0.15, -0.1) is 0 Å². The lowest BCUT2D eigenvalue weighted by Gasteiger charge is -2.62. The van der Waals surface area contributed by atoms with Crippen molar-refractivity contribution in [3.8, 4) is 0 Å². The van der Waals surface area contributed by atoms with Gasteiger partial charge in [-0.3, -0.25) is 0 Å². The van der Waals surface area contributed by atoms with Crippen molar-refractivity contribution in [2.24, 2.45) is 29.1 Å². The van der Waals surface area contributed by atoms with E-state index < -0.39 is 10.0 Å². The fourth-order valence-corrected chi connectivity index (χ4v) is 7.89. The molecular formula is C23H35NO3S. The van der Waals surface area contributed by atoms with Crippen LogP contribution in [0.4, 0.5) is 0 Å². The minimum absolute atomic E-state index is 0.0660. The van der Waals surface area contributed by atoms with E-state index in [9.17, 15) is 8.42 Å². The quantitative estimate of drug-likeness (QED) is 0.674. The highest BCUT2D eigenvalue weighted by Crippen LogP contribution is 2.63. The van der Waals surface area contributed by atoms with Crippen LogP contribution in [0.25, 0.3) is 0 Å². The summed E-state index contributed by atoms with van der Waals surface area (Å²) in [6.07, 6.45) is 7.12. The SMILES string of the molecule is CC(C)(C)C1C2CC3CC1CC(OCCCNS(=O)(=O)c1ccccc1)(C3)C2. The third-order valence-corrected chi connectivity index (χ3v) is 8.77. The third kappa shape index (κ3) is 4.03. The molecule has 4 bridgehead atoms. The molecule has 0 heterocycles. The van der Waals surface area contributed by atoms with Gasteiger partial charge in [0.2, 0.25) is 10.0 Å². The van der Waals surface area contributed by atoms with E-state index in [1.165, 1.54) is 32.1 Å². The number of hydrogen-bond acceptors (Lipinski definition) is 3. The monoisotopic (exact) mass is 405 g/mol. The molecule has 156 valence electrons. The van der Waals surface area contributed by atoms with E-state index in [1.807, 2.05) is 6.07 Å². The van der Waals surface area contributed by atoms with Crippen molar-refractivity contribution < 1.29 is 13.2 Å². The summed E-state index contributed by atoms with van der Waals surface area (Å²) in [5.41, 5.74) is 0.454. The Morgan fingerprint density at radius 2 is 1.71 bits per heavy atom.